The number of aromatic nitrogens is 2. The minimum atomic E-state index is -0.315. The smallest absolute Gasteiger partial charge is 0.253 e. The summed E-state index contributed by atoms with van der Waals surface area (Å²) in [7, 11) is 0. The van der Waals surface area contributed by atoms with Gasteiger partial charge in [-0.25, -0.2) is 14.4 Å². The predicted octanol–water partition coefficient (Wildman–Crippen LogP) is 6.30. The van der Waals surface area contributed by atoms with Gasteiger partial charge in [0.25, 0.3) is 5.91 Å². The number of piperazine rings is 1. The molecule has 1 fully saturated rings. The van der Waals surface area contributed by atoms with E-state index < -0.39 is 0 Å². The molecule has 1 aliphatic rings. The Hall–Kier alpha value is -4.58. The molecule has 0 bridgehead atoms. The normalized spacial score (nSPS) is 13.6. The third-order valence-electron chi connectivity index (χ3n) is 7.36. The van der Waals surface area contributed by atoms with Crippen LogP contribution in [-0.2, 0) is 6.42 Å². The standard InChI is InChI=1S/C33H29FN4O/c1-23-30(20-24-8-3-2-4-9-24)32(36-31(35-23)27-12-7-13-29(34)22-27)37-16-18-38(19-17-37)33(39)28-15-14-25-10-5-6-11-26(25)21-28/h2-15,21-22H,16-20H2,1H3. The van der Waals surface area contributed by atoms with Gasteiger partial charge in [-0.05, 0) is 47.5 Å². The fourth-order valence-corrected chi connectivity index (χ4v) is 5.23. The molecule has 6 rings (SSSR count). The number of nitrogens with zero attached hydrogens (tertiary/aromatic N) is 4. The Morgan fingerprint density at radius 2 is 1.54 bits per heavy atom. The van der Waals surface area contributed by atoms with Crippen LogP contribution in [0.15, 0.2) is 97.1 Å². The summed E-state index contributed by atoms with van der Waals surface area (Å²) in [6, 6.07) is 30.6. The van der Waals surface area contributed by atoms with Gasteiger partial charge in [0.2, 0.25) is 0 Å². The molecular weight excluding hydrogens is 487 g/mol. The summed E-state index contributed by atoms with van der Waals surface area (Å²) in [4.78, 5) is 27.3. The quantitative estimate of drug-likeness (QED) is 0.275. The zero-order chi connectivity index (χ0) is 26.8. The number of aryl methyl sites for hydroxylation is 1. The molecular formula is C33H29FN4O. The Morgan fingerprint density at radius 3 is 2.31 bits per heavy atom. The van der Waals surface area contributed by atoms with Crippen LogP contribution in [0.25, 0.3) is 22.2 Å². The number of carbonyl (C=O) groups excluding carboxylic acids is 1. The summed E-state index contributed by atoms with van der Waals surface area (Å²) in [5.41, 5.74) is 4.46. The highest BCUT2D eigenvalue weighted by molar-refractivity contribution is 5.98. The van der Waals surface area contributed by atoms with Crippen molar-refractivity contribution >= 4 is 22.5 Å². The molecule has 39 heavy (non-hydrogen) atoms. The monoisotopic (exact) mass is 516 g/mol. The van der Waals surface area contributed by atoms with Crippen LogP contribution in [0.3, 0.4) is 0 Å². The molecule has 0 radical (unpaired) electrons. The number of carbonyl (C=O) groups is 1. The average Bonchev–Trinajstić information content (AvgIpc) is 2.98. The van der Waals surface area contributed by atoms with Crippen LogP contribution < -0.4 is 4.90 Å². The predicted molar refractivity (Wildman–Crippen MR) is 153 cm³/mol. The van der Waals surface area contributed by atoms with Crippen LogP contribution in [0.5, 0.6) is 0 Å². The van der Waals surface area contributed by atoms with Crippen molar-refractivity contribution in [2.75, 3.05) is 31.1 Å². The Kier molecular flexibility index (Phi) is 6.76. The molecule has 1 aromatic heterocycles. The van der Waals surface area contributed by atoms with Crippen LogP contribution in [0.2, 0.25) is 0 Å². The molecule has 1 aliphatic heterocycles. The van der Waals surface area contributed by atoms with Gasteiger partial charge in [0.05, 0.1) is 0 Å². The van der Waals surface area contributed by atoms with Gasteiger partial charge in [-0.2, -0.15) is 0 Å². The summed E-state index contributed by atoms with van der Waals surface area (Å²) in [6.07, 6.45) is 0.696. The fourth-order valence-electron chi connectivity index (χ4n) is 5.23. The van der Waals surface area contributed by atoms with E-state index in [1.165, 1.54) is 17.7 Å². The van der Waals surface area contributed by atoms with Crippen molar-refractivity contribution in [3.8, 4) is 11.4 Å². The average molecular weight is 517 g/mol. The lowest BCUT2D eigenvalue weighted by Crippen LogP contribution is -2.49. The van der Waals surface area contributed by atoms with Gasteiger partial charge in [-0.15, -0.1) is 0 Å². The second kappa shape index (κ2) is 10.7. The van der Waals surface area contributed by atoms with Crippen LogP contribution in [0.1, 0.15) is 27.2 Å². The minimum Gasteiger partial charge on any atom is -0.353 e. The second-order valence-electron chi connectivity index (χ2n) is 9.95. The van der Waals surface area contributed by atoms with Gasteiger partial charge in [0, 0.05) is 55.0 Å². The minimum absolute atomic E-state index is 0.0456. The first-order valence-corrected chi connectivity index (χ1v) is 13.3. The summed E-state index contributed by atoms with van der Waals surface area (Å²) < 4.78 is 14.0. The Balaban J connectivity index is 1.28. The van der Waals surface area contributed by atoms with Crippen molar-refractivity contribution in [3.05, 3.63) is 125 Å². The highest BCUT2D eigenvalue weighted by atomic mass is 19.1. The number of amides is 1. The van der Waals surface area contributed by atoms with Gasteiger partial charge in [0.1, 0.15) is 11.6 Å². The van der Waals surface area contributed by atoms with Crippen molar-refractivity contribution in [3.63, 3.8) is 0 Å². The highest BCUT2D eigenvalue weighted by Gasteiger charge is 2.26. The number of anilines is 1. The van der Waals surface area contributed by atoms with Crippen LogP contribution in [0.4, 0.5) is 10.2 Å². The van der Waals surface area contributed by atoms with E-state index >= 15 is 0 Å². The maximum Gasteiger partial charge on any atom is 0.253 e. The number of halogens is 1. The van der Waals surface area contributed by atoms with E-state index in [2.05, 4.69) is 23.1 Å². The summed E-state index contributed by atoms with van der Waals surface area (Å²) in [5.74, 6) is 1.09. The van der Waals surface area contributed by atoms with E-state index in [-0.39, 0.29) is 11.7 Å². The molecule has 0 atom stereocenters. The molecule has 0 N–H and O–H groups in total. The fraction of sp³-hybridized carbons (Fsp3) is 0.182. The number of hydrogen-bond donors (Lipinski definition) is 0. The number of benzene rings is 4. The molecule has 194 valence electrons. The molecule has 0 saturated carbocycles. The van der Waals surface area contributed by atoms with Crippen molar-refractivity contribution in [1.29, 1.82) is 0 Å². The van der Waals surface area contributed by atoms with E-state index in [9.17, 15) is 9.18 Å². The molecule has 4 aromatic carbocycles. The van der Waals surface area contributed by atoms with E-state index in [0.717, 1.165) is 27.8 Å². The lowest BCUT2D eigenvalue weighted by Gasteiger charge is -2.36. The second-order valence-corrected chi connectivity index (χ2v) is 9.95. The Bertz CT molecular complexity index is 1650. The maximum absolute atomic E-state index is 14.0. The summed E-state index contributed by atoms with van der Waals surface area (Å²) in [6.45, 7) is 4.48. The first-order valence-electron chi connectivity index (χ1n) is 13.3. The highest BCUT2D eigenvalue weighted by Crippen LogP contribution is 2.29. The lowest BCUT2D eigenvalue weighted by molar-refractivity contribution is 0.0746. The third-order valence-corrected chi connectivity index (χ3v) is 7.36. The van der Waals surface area contributed by atoms with Gasteiger partial charge in [-0.1, -0.05) is 72.8 Å². The van der Waals surface area contributed by atoms with E-state index in [1.54, 1.807) is 6.07 Å². The first kappa shape index (κ1) is 24.7. The molecule has 0 spiro atoms. The third kappa shape index (κ3) is 5.23. The first-order chi connectivity index (χ1) is 19.0. The van der Waals surface area contributed by atoms with Crippen LogP contribution in [-0.4, -0.2) is 47.0 Å². The SMILES string of the molecule is Cc1nc(-c2cccc(F)c2)nc(N2CCN(C(=O)c3ccc4ccccc4c3)CC2)c1Cc1ccccc1. The maximum atomic E-state index is 14.0. The number of rotatable bonds is 5. The Labute approximate surface area is 227 Å². The van der Waals surface area contributed by atoms with Crippen LogP contribution in [0, 0.1) is 12.7 Å². The number of hydrogen-bond acceptors (Lipinski definition) is 4. The Morgan fingerprint density at radius 1 is 0.795 bits per heavy atom. The largest absolute Gasteiger partial charge is 0.353 e. The number of fused-ring (bicyclic) bond motifs is 1. The molecule has 2 heterocycles. The molecule has 6 heteroatoms. The molecule has 0 aliphatic carbocycles. The van der Waals surface area contributed by atoms with Gasteiger partial charge >= 0.3 is 0 Å². The summed E-state index contributed by atoms with van der Waals surface area (Å²) >= 11 is 0. The molecule has 5 aromatic rings. The lowest BCUT2D eigenvalue weighted by atomic mass is 10.0. The van der Waals surface area contributed by atoms with Crippen molar-refractivity contribution in [2.24, 2.45) is 0 Å². The van der Waals surface area contributed by atoms with Gasteiger partial charge < -0.3 is 9.80 Å². The van der Waals surface area contributed by atoms with Crippen LogP contribution >= 0.6 is 0 Å². The zero-order valence-electron chi connectivity index (χ0n) is 21.8. The van der Waals surface area contributed by atoms with Crippen molar-refractivity contribution in [1.82, 2.24) is 14.9 Å². The topological polar surface area (TPSA) is 49.3 Å². The molecule has 1 saturated heterocycles. The zero-order valence-corrected chi connectivity index (χ0v) is 21.8. The van der Waals surface area contributed by atoms with Crippen molar-refractivity contribution < 1.29 is 9.18 Å². The van der Waals surface area contributed by atoms with Gasteiger partial charge in [-0.3, -0.25) is 4.79 Å². The van der Waals surface area contributed by atoms with E-state index in [4.69, 9.17) is 9.97 Å². The molecule has 1 amide bonds. The molecule has 5 nitrogen and oxygen atoms in total. The van der Waals surface area contributed by atoms with E-state index in [0.29, 0.717) is 49.6 Å². The molecule has 0 unspecified atom stereocenters. The van der Waals surface area contributed by atoms with E-state index in [1.807, 2.05) is 72.5 Å². The van der Waals surface area contributed by atoms with Crippen molar-refractivity contribution in [2.45, 2.75) is 13.3 Å². The summed E-state index contributed by atoms with van der Waals surface area (Å²) in [5, 5.41) is 2.19. The van der Waals surface area contributed by atoms with Gasteiger partial charge in [0.15, 0.2) is 5.82 Å².